The van der Waals surface area contributed by atoms with Crippen molar-refractivity contribution < 1.29 is 26.6 Å². The van der Waals surface area contributed by atoms with E-state index in [1.165, 1.54) is 7.11 Å². The van der Waals surface area contributed by atoms with Crippen LogP contribution in [0.15, 0.2) is 0 Å². The Balaban J connectivity index is 1.63. The van der Waals surface area contributed by atoms with Crippen LogP contribution in [0.3, 0.4) is 0 Å². The molecule has 0 amide bonds. The molecular formula is C25H42O4. The van der Waals surface area contributed by atoms with Crippen molar-refractivity contribution in [3.8, 4) is 0 Å². The lowest BCUT2D eigenvalue weighted by Gasteiger charge is -2.62. The van der Waals surface area contributed by atoms with Crippen molar-refractivity contribution in [3.05, 3.63) is 0 Å². The zero-order valence-corrected chi connectivity index (χ0v) is 18.4. The zero-order valence-electron chi connectivity index (χ0n) is 23.4. The topological polar surface area (TPSA) is 66.8 Å². The van der Waals surface area contributed by atoms with Gasteiger partial charge in [-0.1, -0.05) is 20.8 Å². The molecule has 166 valence electrons. The summed E-state index contributed by atoms with van der Waals surface area (Å²) in [6.07, 6.45) is -3.36. The van der Waals surface area contributed by atoms with Gasteiger partial charge in [0.15, 0.2) is 0 Å². The molecule has 0 aromatic heterocycles. The molecule has 4 rings (SSSR count). The lowest BCUT2D eigenvalue weighted by Crippen LogP contribution is -2.58. The summed E-state index contributed by atoms with van der Waals surface area (Å²) in [6.45, 7) is 6.30. The maximum absolute atomic E-state index is 11.7. The van der Waals surface area contributed by atoms with Crippen molar-refractivity contribution in [2.45, 2.75) is 97.1 Å². The van der Waals surface area contributed by atoms with Gasteiger partial charge >= 0.3 is 5.97 Å². The van der Waals surface area contributed by atoms with Crippen LogP contribution in [0.25, 0.3) is 0 Å². The first-order chi connectivity index (χ1) is 15.6. The molecule has 2 N–H and O–H groups in total. The molecule has 4 nitrogen and oxygen atoms in total. The van der Waals surface area contributed by atoms with Crippen LogP contribution in [0.1, 0.15) is 91.7 Å². The number of esters is 1. The Hall–Kier alpha value is -0.610. The largest absolute Gasteiger partial charge is 0.469 e. The van der Waals surface area contributed by atoms with Gasteiger partial charge in [-0.25, -0.2) is 0 Å². The van der Waals surface area contributed by atoms with Crippen LogP contribution in [-0.4, -0.2) is 35.5 Å². The first kappa shape index (κ1) is 16.1. The van der Waals surface area contributed by atoms with Crippen LogP contribution >= 0.6 is 0 Å². The number of ether oxygens (including phenoxy) is 1. The number of aliphatic hydroxyl groups excluding tert-OH is 1. The summed E-state index contributed by atoms with van der Waals surface area (Å²) in [5.41, 5.74) is -1.02. The van der Waals surface area contributed by atoms with Crippen molar-refractivity contribution in [2.75, 3.05) is 7.11 Å². The van der Waals surface area contributed by atoms with Crippen molar-refractivity contribution in [2.24, 2.45) is 46.3 Å². The third-order valence-electron chi connectivity index (χ3n) is 9.71. The highest BCUT2D eigenvalue weighted by Gasteiger charge is 2.63. The molecule has 0 saturated heterocycles. The van der Waals surface area contributed by atoms with Crippen molar-refractivity contribution in [1.29, 1.82) is 0 Å². The van der Waals surface area contributed by atoms with Crippen LogP contribution in [0.5, 0.6) is 0 Å². The van der Waals surface area contributed by atoms with Crippen LogP contribution < -0.4 is 0 Å². The van der Waals surface area contributed by atoms with Crippen LogP contribution in [0.4, 0.5) is 0 Å². The van der Waals surface area contributed by atoms with Crippen molar-refractivity contribution in [3.63, 3.8) is 0 Å². The minimum Gasteiger partial charge on any atom is -0.469 e. The fraction of sp³-hybridized carbons (Fsp3) is 0.960. The minimum atomic E-state index is -2.80. The van der Waals surface area contributed by atoms with E-state index in [9.17, 15) is 15.0 Å². The van der Waals surface area contributed by atoms with Gasteiger partial charge in [0, 0.05) is 11.9 Å². The number of rotatable bonds is 4. The summed E-state index contributed by atoms with van der Waals surface area (Å²) in [6, 6.07) is 0. The van der Waals surface area contributed by atoms with Crippen LogP contribution in [0, 0.1) is 46.3 Å². The lowest BCUT2D eigenvalue weighted by molar-refractivity contribution is -0.175. The Morgan fingerprint density at radius 1 is 1.24 bits per heavy atom. The molecule has 0 aromatic rings. The monoisotopic (exact) mass is 411 g/mol. The van der Waals surface area contributed by atoms with E-state index in [0.29, 0.717) is 19.3 Å². The van der Waals surface area contributed by atoms with Gasteiger partial charge in [-0.15, -0.1) is 0 Å². The van der Waals surface area contributed by atoms with Gasteiger partial charge in [0.2, 0.25) is 0 Å². The molecule has 0 heterocycles. The van der Waals surface area contributed by atoms with Gasteiger partial charge in [-0.3, -0.25) is 4.79 Å². The quantitative estimate of drug-likeness (QED) is 0.665. The molecule has 0 radical (unpaired) electrons. The summed E-state index contributed by atoms with van der Waals surface area (Å²) in [7, 11) is 1.40. The number of hydrogen-bond donors (Lipinski definition) is 2. The predicted octanol–water partition coefficient (Wildman–Crippen LogP) is 4.57. The highest BCUT2D eigenvalue weighted by atomic mass is 16.5. The first-order valence-electron chi connectivity index (χ1n) is 14.0. The number of aliphatic hydroxyl groups is 2. The highest BCUT2D eigenvalue weighted by Crippen LogP contribution is 2.68. The SMILES string of the molecule is [2H]C1([2H])C[C@]2(C)C3C[C@H](O)[C@]4(C)[C@@H]([C@H](C)CCC(=O)OC)CC[C@H]4C3CC[C@@H]2C([2H])([2H])[C@@]1([2H])O. The summed E-state index contributed by atoms with van der Waals surface area (Å²) >= 11 is 0. The molecule has 4 aliphatic rings. The molecule has 0 aromatic carbocycles. The maximum Gasteiger partial charge on any atom is 0.305 e. The number of carbonyl (C=O) groups excluding carboxylic acids is 1. The van der Waals surface area contributed by atoms with E-state index in [4.69, 9.17) is 11.6 Å². The second-order valence-corrected chi connectivity index (χ2v) is 10.8. The molecule has 4 heteroatoms. The normalized spacial score (nSPS) is 58.8. The Bertz CT molecular complexity index is 819. The smallest absolute Gasteiger partial charge is 0.305 e. The summed E-state index contributed by atoms with van der Waals surface area (Å²) in [4.78, 5) is 11.7. The van der Waals surface area contributed by atoms with Gasteiger partial charge in [0.1, 0.15) is 0 Å². The Labute approximate surface area is 183 Å². The van der Waals surface area contributed by atoms with Gasteiger partial charge < -0.3 is 14.9 Å². The molecule has 10 atom stereocenters. The predicted molar refractivity (Wildman–Crippen MR) is 113 cm³/mol. The second kappa shape index (κ2) is 7.82. The van der Waals surface area contributed by atoms with E-state index in [-0.39, 0.29) is 47.4 Å². The second-order valence-electron chi connectivity index (χ2n) is 10.8. The van der Waals surface area contributed by atoms with Crippen LogP contribution in [-0.2, 0) is 9.53 Å². The van der Waals surface area contributed by atoms with Gasteiger partial charge in [0.05, 0.1) is 20.7 Å². The molecule has 2 unspecified atom stereocenters. The van der Waals surface area contributed by atoms with E-state index in [1.54, 1.807) is 0 Å². The summed E-state index contributed by atoms with van der Waals surface area (Å²) in [5, 5.41) is 22.3. The third kappa shape index (κ3) is 3.37. The number of fused-ring (bicyclic) bond motifs is 5. The Kier molecular flexibility index (Phi) is 4.34. The Morgan fingerprint density at radius 3 is 2.72 bits per heavy atom. The molecular weight excluding hydrogens is 364 g/mol. The number of hydrogen-bond acceptors (Lipinski definition) is 4. The summed E-state index contributed by atoms with van der Waals surface area (Å²) < 4.78 is 47.3. The minimum absolute atomic E-state index is 0.0512. The molecule has 4 fully saturated rings. The zero-order chi connectivity index (χ0) is 25.5. The third-order valence-corrected chi connectivity index (χ3v) is 9.71. The molecule has 0 aliphatic heterocycles. The van der Waals surface area contributed by atoms with E-state index >= 15 is 0 Å². The van der Waals surface area contributed by atoms with E-state index in [1.807, 2.05) is 6.92 Å². The van der Waals surface area contributed by atoms with E-state index < -0.39 is 36.3 Å². The fourth-order valence-electron chi connectivity index (χ4n) is 8.01. The average molecular weight is 412 g/mol. The number of carbonyl (C=O) groups is 1. The average Bonchev–Trinajstić information content (AvgIpc) is 3.10. The molecule has 4 saturated carbocycles. The lowest BCUT2D eigenvalue weighted by atomic mass is 9.43. The van der Waals surface area contributed by atoms with Gasteiger partial charge in [-0.2, -0.15) is 0 Å². The first-order valence-corrected chi connectivity index (χ1v) is 11.5. The van der Waals surface area contributed by atoms with E-state index in [0.717, 1.165) is 25.7 Å². The molecule has 4 aliphatic carbocycles. The highest BCUT2D eigenvalue weighted by molar-refractivity contribution is 5.69. The van der Waals surface area contributed by atoms with Crippen molar-refractivity contribution >= 4 is 5.97 Å². The molecule has 29 heavy (non-hydrogen) atoms. The van der Waals surface area contributed by atoms with Crippen LogP contribution in [0.2, 0.25) is 0 Å². The number of methoxy groups -OCH3 is 1. The van der Waals surface area contributed by atoms with E-state index in [2.05, 4.69) is 13.8 Å². The Morgan fingerprint density at radius 2 is 2.00 bits per heavy atom. The van der Waals surface area contributed by atoms with Gasteiger partial charge in [0.25, 0.3) is 0 Å². The van der Waals surface area contributed by atoms with Crippen molar-refractivity contribution in [1.82, 2.24) is 0 Å². The molecule has 0 spiro atoms. The maximum atomic E-state index is 11.7. The summed E-state index contributed by atoms with van der Waals surface area (Å²) in [5.74, 6) is 0.186. The standard InChI is InChI=1S/C25H42O4/c1-15(5-10-23(28)29-4)19-8-9-20-18-7-6-16-13-17(26)11-12-24(16,2)21(18)14-22(27)25(19,20)3/h15-22,26-27H,5-14H2,1-4H3/t15-,16-,17+,18?,19-,20+,21?,22+,24+,25-/m1/s1/i11D2,13D2,17D. The van der Waals surface area contributed by atoms with Gasteiger partial charge in [-0.05, 0) is 104 Å². The molecule has 0 bridgehead atoms. The fourth-order valence-corrected chi connectivity index (χ4v) is 8.01.